The Balaban J connectivity index is 1.47. The van der Waals surface area contributed by atoms with Crippen molar-refractivity contribution in [1.82, 2.24) is 10.2 Å². The second-order valence-electron chi connectivity index (χ2n) is 11.1. The molecular formula is C29H39N3O3. The van der Waals surface area contributed by atoms with E-state index in [0.717, 1.165) is 43.8 Å². The minimum absolute atomic E-state index is 0.0237. The molecule has 188 valence electrons. The lowest BCUT2D eigenvalue weighted by atomic mass is 9.86. The van der Waals surface area contributed by atoms with E-state index >= 15 is 0 Å². The molecule has 1 fully saturated rings. The third-order valence-electron chi connectivity index (χ3n) is 7.34. The molecule has 2 aromatic rings. The van der Waals surface area contributed by atoms with E-state index in [-0.39, 0.29) is 22.8 Å². The summed E-state index contributed by atoms with van der Waals surface area (Å²) in [5.74, 6) is 0.711. The molecule has 2 aromatic carbocycles. The molecule has 1 N–H and O–H groups in total. The van der Waals surface area contributed by atoms with Crippen molar-refractivity contribution < 1.29 is 14.3 Å². The molecule has 6 heteroatoms. The van der Waals surface area contributed by atoms with Gasteiger partial charge in [0.05, 0.1) is 5.69 Å². The van der Waals surface area contributed by atoms with Gasteiger partial charge in [0.15, 0.2) is 0 Å². The zero-order valence-corrected chi connectivity index (χ0v) is 21.8. The molecule has 1 saturated heterocycles. The Morgan fingerprint density at radius 1 is 1.00 bits per heavy atom. The summed E-state index contributed by atoms with van der Waals surface area (Å²) in [7, 11) is 0. The van der Waals surface area contributed by atoms with Gasteiger partial charge in [0.25, 0.3) is 0 Å². The normalized spacial score (nSPS) is 18.3. The van der Waals surface area contributed by atoms with Gasteiger partial charge in [-0.2, -0.15) is 0 Å². The van der Waals surface area contributed by atoms with E-state index in [9.17, 15) is 9.59 Å². The van der Waals surface area contributed by atoms with Crippen LogP contribution in [0.25, 0.3) is 0 Å². The largest absolute Gasteiger partial charge is 0.485 e. The van der Waals surface area contributed by atoms with Crippen molar-refractivity contribution in [2.45, 2.75) is 77.5 Å². The first kappa shape index (κ1) is 25.1. The van der Waals surface area contributed by atoms with Crippen LogP contribution in [0.5, 0.6) is 5.75 Å². The Kier molecular flexibility index (Phi) is 7.11. The monoisotopic (exact) mass is 477 g/mol. The fraction of sp³-hybridized carbons (Fsp3) is 0.517. The molecule has 2 aliphatic heterocycles. The van der Waals surface area contributed by atoms with Crippen LogP contribution in [0, 0.1) is 0 Å². The second-order valence-corrected chi connectivity index (χ2v) is 11.1. The van der Waals surface area contributed by atoms with Crippen LogP contribution in [0.15, 0.2) is 48.5 Å². The van der Waals surface area contributed by atoms with E-state index in [0.29, 0.717) is 13.1 Å². The summed E-state index contributed by atoms with van der Waals surface area (Å²) in [6.07, 6.45) is 2.48. The average molecular weight is 478 g/mol. The molecule has 0 aromatic heterocycles. The number of nitrogens with zero attached hydrogens (tertiary/aromatic N) is 2. The molecule has 2 amide bonds. The van der Waals surface area contributed by atoms with Gasteiger partial charge in [0.1, 0.15) is 17.4 Å². The lowest BCUT2D eigenvalue weighted by Gasteiger charge is -2.41. The Hall–Kier alpha value is -3.02. The number of nitrogens with one attached hydrogen (secondary N) is 1. The molecule has 0 radical (unpaired) electrons. The van der Waals surface area contributed by atoms with Crippen molar-refractivity contribution in [3.05, 3.63) is 59.7 Å². The van der Waals surface area contributed by atoms with Gasteiger partial charge in [-0.05, 0) is 35.6 Å². The van der Waals surface area contributed by atoms with Crippen LogP contribution in [-0.2, 0) is 21.5 Å². The molecule has 6 nitrogen and oxygen atoms in total. The molecular weight excluding hydrogens is 438 g/mol. The number of carbonyl (C=O) groups is 2. The zero-order valence-electron chi connectivity index (χ0n) is 21.8. The molecule has 0 bridgehead atoms. The van der Waals surface area contributed by atoms with E-state index in [1.165, 1.54) is 18.1 Å². The molecule has 0 saturated carbocycles. The van der Waals surface area contributed by atoms with E-state index in [1.54, 1.807) is 6.92 Å². The van der Waals surface area contributed by atoms with Gasteiger partial charge in [-0.25, -0.2) is 0 Å². The van der Waals surface area contributed by atoms with Gasteiger partial charge in [-0.3, -0.25) is 9.59 Å². The summed E-state index contributed by atoms with van der Waals surface area (Å²) in [5.41, 5.74) is 3.62. The first-order chi connectivity index (χ1) is 16.6. The number of anilines is 1. The minimum Gasteiger partial charge on any atom is -0.485 e. The van der Waals surface area contributed by atoms with Gasteiger partial charge in [0, 0.05) is 52.4 Å². The number of hydrogen-bond donors (Lipinski definition) is 1. The third kappa shape index (κ3) is 5.80. The number of hydrogen-bond acceptors (Lipinski definition) is 4. The number of rotatable bonds is 4. The number of likely N-dealkylation sites (tertiary alicyclic amines) is 1. The Morgan fingerprint density at radius 3 is 2.26 bits per heavy atom. The maximum Gasteiger partial charge on any atom is 0.244 e. The van der Waals surface area contributed by atoms with Crippen LogP contribution >= 0.6 is 0 Å². The molecule has 0 aliphatic carbocycles. The topological polar surface area (TPSA) is 61.9 Å². The maximum absolute atomic E-state index is 12.8. The van der Waals surface area contributed by atoms with Crippen molar-refractivity contribution >= 4 is 17.5 Å². The highest BCUT2D eigenvalue weighted by Gasteiger charge is 2.41. The zero-order chi connectivity index (χ0) is 25.2. The van der Waals surface area contributed by atoms with Gasteiger partial charge < -0.3 is 19.9 Å². The Morgan fingerprint density at radius 2 is 1.63 bits per heavy atom. The summed E-state index contributed by atoms with van der Waals surface area (Å²) in [6.45, 7) is 12.9. The summed E-state index contributed by atoms with van der Waals surface area (Å²) < 4.78 is 6.72. The molecule has 35 heavy (non-hydrogen) atoms. The highest BCUT2D eigenvalue weighted by molar-refractivity contribution is 5.86. The number of ether oxygens (including phenoxy) is 1. The van der Waals surface area contributed by atoms with Crippen LogP contribution in [0.3, 0.4) is 0 Å². The third-order valence-corrected chi connectivity index (χ3v) is 7.34. The Labute approximate surface area is 209 Å². The summed E-state index contributed by atoms with van der Waals surface area (Å²) in [4.78, 5) is 28.4. The van der Waals surface area contributed by atoms with Crippen molar-refractivity contribution in [2.24, 2.45) is 0 Å². The van der Waals surface area contributed by atoms with Crippen molar-refractivity contribution in [1.29, 1.82) is 0 Å². The minimum atomic E-state index is -0.502. The van der Waals surface area contributed by atoms with Gasteiger partial charge >= 0.3 is 0 Å². The number of para-hydroxylation sites is 2. The average Bonchev–Trinajstić information content (AvgIpc) is 2.95. The van der Waals surface area contributed by atoms with Crippen LogP contribution in [-0.4, -0.2) is 48.0 Å². The molecule has 1 unspecified atom stereocenters. The predicted molar refractivity (Wildman–Crippen MR) is 140 cm³/mol. The molecule has 1 atom stereocenters. The van der Waals surface area contributed by atoms with Crippen LogP contribution in [0.2, 0.25) is 0 Å². The van der Waals surface area contributed by atoms with E-state index in [2.05, 4.69) is 73.5 Å². The van der Waals surface area contributed by atoms with E-state index < -0.39 is 6.04 Å². The number of piperidine rings is 1. The number of fused-ring (bicyclic) bond motifs is 1. The van der Waals surface area contributed by atoms with Gasteiger partial charge in [-0.15, -0.1) is 0 Å². The fourth-order valence-electron chi connectivity index (χ4n) is 5.17. The SMILES string of the molecule is CC(=O)NC(C)C(=O)N1CCC2(CC1)CCN(Cc1ccc(C(C)(C)C)cc1)c1ccccc1O2. The van der Waals surface area contributed by atoms with Gasteiger partial charge in [-0.1, -0.05) is 57.2 Å². The molecule has 2 heterocycles. The Bertz CT molecular complexity index is 1050. The summed E-state index contributed by atoms with van der Waals surface area (Å²) >= 11 is 0. The van der Waals surface area contributed by atoms with Crippen molar-refractivity contribution in [3.63, 3.8) is 0 Å². The molecule has 1 spiro atoms. The molecule has 4 rings (SSSR count). The quantitative estimate of drug-likeness (QED) is 0.696. The highest BCUT2D eigenvalue weighted by Crippen LogP contribution is 2.41. The lowest BCUT2D eigenvalue weighted by molar-refractivity contribution is -0.138. The predicted octanol–water partition coefficient (Wildman–Crippen LogP) is 4.66. The van der Waals surface area contributed by atoms with Crippen LogP contribution in [0.4, 0.5) is 5.69 Å². The highest BCUT2D eigenvalue weighted by atomic mass is 16.5. The smallest absolute Gasteiger partial charge is 0.244 e. The van der Waals surface area contributed by atoms with Gasteiger partial charge in [0.2, 0.25) is 11.8 Å². The summed E-state index contributed by atoms with van der Waals surface area (Å²) in [6, 6.07) is 16.8. The van der Waals surface area contributed by atoms with Crippen molar-refractivity contribution in [3.8, 4) is 5.75 Å². The van der Waals surface area contributed by atoms with Crippen LogP contribution in [0.1, 0.15) is 65.0 Å². The second kappa shape index (κ2) is 9.92. The fourth-order valence-corrected chi connectivity index (χ4v) is 5.17. The first-order valence-electron chi connectivity index (χ1n) is 12.7. The first-order valence-corrected chi connectivity index (χ1v) is 12.7. The van der Waals surface area contributed by atoms with Crippen molar-refractivity contribution in [2.75, 3.05) is 24.5 Å². The van der Waals surface area contributed by atoms with E-state index in [1.807, 2.05) is 11.0 Å². The number of benzene rings is 2. The molecule has 2 aliphatic rings. The maximum atomic E-state index is 12.8. The standard InChI is InChI=1S/C29H39N3O3/c1-21(30-22(2)33)27(34)31-17-14-29(15-18-31)16-19-32(25-8-6-7-9-26(25)35-29)20-23-10-12-24(13-11-23)28(3,4)5/h6-13,21H,14-20H2,1-5H3,(H,30,33). The van der Waals surface area contributed by atoms with E-state index in [4.69, 9.17) is 4.74 Å². The summed E-state index contributed by atoms with van der Waals surface area (Å²) in [5, 5.41) is 2.71. The number of amides is 2. The lowest BCUT2D eigenvalue weighted by Crippen LogP contribution is -2.54. The van der Waals surface area contributed by atoms with Crippen LogP contribution < -0.4 is 15.0 Å². The number of carbonyl (C=O) groups excluding carboxylic acids is 2.